The highest BCUT2D eigenvalue weighted by Gasteiger charge is 2.31. The van der Waals surface area contributed by atoms with Crippen LogP contribution in [-0.2, 0) is 0 Å². The molecule has 60 valence electrons. The van der Waals surface area contributed by atoms with Gasteiger partial charge in [-0.2, -0.15) is 4.99 Å². The molecule has 0 saturated heterocycles. The van der Waals surface area contributed by atoms with Crippen LogP contribution >= 0.6 is 0 Å². The van der Waals surface area contributed by atoms with Crippen LogP contribution < -0.4 is 4.99 Å². The van der Waals surface area contributed by atoms with Gasteiger partial charge in [0.2, 0.25) is 5.69 Å². The number of ketones is 1. The van der Waals surface area contributed by atoms with Crippen molar-refractivity contribution in [2.75, 3.05) is 0 Å². The van der Waals surface area contributed by atoms with E-state index in [2.05, 4.69) is 4.99 Å². The molecule has 0 atom stereocenters. The monoisotopic (exact) mass is 166 g/mol. The van der Waals surface area contributed by atoms with Crippen LogP contribution in [0.25, 0.3) is 0 Å². The number of halogens is 1. The Morgan fingerprint density at radius 3 is 2.92 bits per heavy atom. The Balaban J connectivity index is 2.65. The van der Waals surface area contributed by atoms with E-state index >= 15 is 0 Å². The first-order valence-corrected chi connectivity index (χ1v) is 3.35. The summed E-state index contributed by atoms with van der Waals surface area (Å²) in [4.78, 5) is 13.5. The molecule has 1 aliphatic heterocycles. The first kappa shape index (κ1) is 6.97. The lowest BCUT2D eigenvalue weighted by Gasteiger charge is -1.88. The molecule has 0 unspecified atom stereocenters. The molecule has 0 bridgehead atoms. The number of benzene rings is 1. The fraction of sp³-hybridized carbons (Fsp3) is 0. The molecule has 0 spiro atoms. The SMILES string of the molecule is O=C1C(O)=[NH+]c2ccc(F)cc21. The Labute approximate surface area is 67.2 Å². The quantitative estimate of drug-likeness (QED) is 0.555. The van der Waals surface area contributed by atoms with Crippen LogP contribution in [0.5, 0.6) is 0 Å². The third-order valence-electron chi connectivity index (χ3n) is 1.69. The number of nitrogens with one attached hydrogen (secondary N) is 1. The van der Waals surface area contributed by atoms with E-state index in [1.165, 1.54) is 12.1 Å². The van der Waals surface area contributed by atoms with Crippen molar-refractivity contribution in [3.05, 3.63) is 29.6 Å². The van der Waals surface area contributed by atoms with Crippen LogP contribution in [0.1, 0.15) is 10.4 Å². The molecular weight excluding hydrogens is 161 g/mol. The minimum absolute atomic E-state index is 0.174. The van der Waals surface area contributed by atoms with Crippen molar-refractivity contribution in [3.8, 4) is 0 Å². The second kappa shape index (κ2) is 2.14. The van der Waals surface area contributed by atoms with Crippen LogP contribution in [0.15, 0.2) is 18.2 Å². The topological polar surface area (TPSA) is 51.3 Å². The van der Waals surface area contributed by atoms with Crippen molar-refractivity contribution in [1.82, 2.24) is 0 Å². The molecule has 1 aromatic rings. The summed E-state index contributed by atoms with van der Waals surface area (Å²) in [7, 11) is 0. The molecule has 2 rings (SSSR count). The number of rotatable bonds is 0. The Bertz CT molecular complexity index is 398. The summed E-state index contributed by atoms with van der Waals surface area (Å²) in [6, 6.07) is 3.72. The van der Waals surface area contributed by atoms with E-state index in [1.807, 2.05) is 0 Å². The van der Waals surface area contributed by atoms with Crippen LogP contribution in [0.4, 0.5) is 10.1 Å². The lowest BCUT2D eigenvalue weighted by Crippen LogP contribution is -2.64. The lowest BCUT2D eigenvalue weighted by atomic mass is 10.1. The van der Waals surface area contributed by atoms with Crippen molar-refractivity contribution >= 4 is 17.4 Å². The highest BCUT2D eigenvalue weighted by Crippen LogP contribution is 2.14. The number of aliphatic hydroxyl groups excluding tert-OH is 1. The standard InChI is InChI=1S/C8H4FNO2/c9-4-1-2-6-5(3-4)7(11)8(12)10-6/h1-3H,(H,10,11,12)/p+1. The largest absolute Gasteiger partial charge is 0.457 e. The van der Waals surface area contributed by atoms with Crippen molar-refractivity contribution in [3.63, 3.8) is 0 Å². The molecule has 12 heavy (non-hydrogen) atoms. The van der Waals surface area contributed by atoms with Gasteiger partial charge in [0.15, 0.2) is 0 Å². The summed E-state index contributed by atoms with van der Waals surface area (Å²) in [5.41, 5.74) is 0.617. The van der Waals surface area contributed by atoms with Gasteiger partial charge in [-0.25, -0.2) is 4.39 Å². The van der Waals surface area contributed by atoms with E-state index in [1.54, 1.807) is 0 Å². The van der Waals surface area contributed by atoms with Gasteiger partial charge >= 0.3 is 11.7 Å². The predicted octanol–water partition coefficient (Wildman–Crippen LogP) is -0.309. The number of carbonyl (C=O) groups excluding carboxylic acids is 1. The molecule has 0 radical (unpaired) electrons. The summed E-state index contributed by atoms with van der Waals surface area (Å²) >= 11 is 0. The first-order valence-electron chi connectivity index (χ1n) is 3.35. The van der Waals surface area contributed by atoms with Crippen molar-refractivity contribution in [2.45, 2.75) is 0 Å². The number of Topliss-reactive ketones (excluding diaryl/α,β-unsaturated/α-hetero) is 1. The second-order valence-corrected chi connectivity index (χ2v) is 2.49. The molecule has 0 amide bonds. The number of hydrogen-bond acceptors (Lipinski definition) is 1. The maximum Gasteiger partial charge on any atom is 0.414 e. The molecule has 0 fully saturated rings. The summed E-state index contributed by atoms with van der Waals surface area (Å²) in [6.45, 7) is 0. The van der Waals surface area contributed by atoms with Gasteiger partial charge in [-0.1, -0.05) is 0 Å². The van der Waals surface area contributed by atoms with Crippen LogP contribution in [0.3, 0.4) is 0 Å². The third kappa shape index (κ3) is 0.812. The molecule has 0 aromatic heterocycles. The average Bonchev–Trinajstić information content (AvgIpc) is 2.31. The Morgan fingerprint density at radius 1 is 1.42 bits per heavy atom. The fourth-order valence-corrected chi connectivity index (χ4v) is 1.13. The molecule has 0 saturated carbocycles. The van der Waals surface area contributed by atoms with Crippen LogP contribution in [-0.4, -0.2) is 16.8 Å². The second-order valence-electron chi connectivity index (χ2n) is 2.49. The van der Waals surface area contributed by atoms with Crippen molar-refractivity contribution in [2.24, 2.45) is 0 Å². The van der Waals surface area contributed by atoms with Crippen molar-refractivity contribution < 1.29 is 19.3 Å². The first-order chi connectivity index (χ1) is 5.68. The van der Waals surface area contributed by atoms with E-state index in [-0.39, 0.29) is 5.56 Å². The normalized spacial score (nSPS) is 14.4. The van der Waals surface area contributed by atoms with E-state index in [0.29, 0.717) is 5.69 Å². The Hall–Kier alpha value is -1.71. The number of carbonyl (C=O) groups is 1. The maximum atomic E-state index is 12.6. The lowest BCUT2D eigenvalue weighted by molar-refractivity contribution is -0.359. The maximum absolute atomic E-state index is 12.6. The molecule has 2 N–H and O–H groups in total. The predicted molar refractivity (Wildman–Crippen MR) is 39.0 cm³/mol. The van der Waals surface area contributed by atoms with Gasteiger partial charge in [0, 0.05) is 6.07 Å². The van der Waals surface area contributed by atoms with Gasteiger partial charge in [-0.15, -0.1) is 0 Å². The summed E-state index contributed by atoms with van der Waals surface area (Å²) in [6.07, 6.45) is 0. The third-order valence-corrected chi connectivity index (χ3v) is 1.69. The van der Waals surface area contributed by atoms with E-state index in [9.17, 15) is 9.18 Å². The van der Waals surface area contributed by atoms with Gasteiger partial charge in [0.05, 0.1) is 0 Å². The van der Waals surface area contributed by atoms with Crippen LogP contribution in [0, 0.1) is 5.82 Å². The molecule has 4 heteroatoms. The van der Waals surface area contributed by atoms with Gasteiger partial charge in [-0.05, 0) is 12.1 Å². The molecular formula is C8H5FNO2+. The zero-order valence-corrected chi connectivity index (χ0v) is 5.97. The average molecular weight is 166 g/mol. The van der Waals surface area contributed by atoms with E-state index in [0.717, 1.165) is 6.07 Å². The van der Waals surface area contributed by atoms with Gasteiger partial charge < -0.3 is 5.11 Å². The van der Waals surface area contributed by atoms with Gasteiger partial charge in [-0.3, -0.25) is 4.79 Å². The number of hydrogen-bond donors (Lipinski definition) is 2. The summed E-state index contributed by atoms with van der Waals surface area (Å²) in [5, 5.41) is 8.94. The minimum Gasteiger partial charge on any atom is -0.457 e. The highest BCUT2D eigenvalue weighted by atomic mass is 19.1. The van der Waals surface area contributed by atoms with E-state index in [4.69, 9.17) is 5.11 Å². The Kier molecular flexibility index (Phi) is 1.24. The molecule has 3 nitrogen and oxygen atoms in total. The zero-order valence-electron chi connectivity index (χ0n) is 5.97. The number of fused-ring (bicyclic) bond motifs is 1. The van der Waals surface area contributed by atoms with Crippen LogP contribution in [0.2, 0.25) is 0 Å². The summed E-state index contributed by atoms with van der Waals surface area (Å²) < 4.78 is 12.6. The summed E-state index contributed by atoms with van der Waals surface area (Å²) in [5.74, 6) is -1.50. The molecule has 1 aromatic carbocycles. The smallest absolute Gasteiger partial charge is 0.414 e. The fourth-order valence-electron chi connectivity index (χ4n) is 1.13. The highest BCUT2D eigenvalue weighted by molar-refractivity contribution is 6.42. The molecule has 1 heterocycles. The van der Waals surface area contributed by atoms with Gasteiger partial charge in [0.25, 0.3) is 0 Å². The molecule has 1 aliphatic rings. The Morgan fingerprint density at radius 2 is 2.17 bits per heavy atom. The minimum atomic E-state index is -0.565. The van der Waals surface area contributed by atoms with E-state index < -0.39 is 17.5 Å². The van der Waals surface area contributed by atoms with Crippen molar-refractivity contribution in [1.29, 1.82) is 0 Å². The van der Waals surface area contributed by atoms with Gasteiger partial charge in [0.1, 0.15) is 11.4 Å². The molecule has 0 aliphatic carbocycles. The number of aliphatic hydroxyl groups is 1. The zero-order chi connectivity index (χ0) is 8.72.